The molecule has 0 saturated carbocycles. The van der Waals surface area contributed by atoms with E-state index >= 15 is 0 Å². The maximum absolute atomic E-state index is 6.03. The second-order valence-corrected chi connectivity index (χ2v) is 9.93. The number of thiophene rings is 1. The second kappa shape index (κ2) is 11.7. The highest BCUT2D eigenvalue weighted by Gasteiger charge is 2.20. The highest BCUT2D eigenvalue weighted by atomic mass is 127. The molecule has 0 unspecified atom stereocenters. The van der Waals surface area contributed by atoms with Gasteiger partial charge in [-0.25, -0.2) is 4.98 Å². The van der Waals surface area contributed by atoms with E-state index in [1.54, 1.807) is 22.7 Å². The van der Waals surface area contributed by atoms with Gasteiger partial charge in [0.05, 0.1) is 21.6 Å². The fourth-order valence-electron chi connectivity index (χ4n) is 3.42. The number of guanidine groups is 1. The molecule has 1 fully saturated rings. The molecule has 3 rings (SSSR count). The van der Waals surface area contributed by atoms with Gasteiger partial charge in [-0.1, -0.05) is 11.6 Å². The molecule has 1 aliphatic rings. The Morgan fingerprint density at radius 1 is 1.39 bits per heavy atom. The van der Waals surface area contributed by atoms with Crippen LogP contribution in [0.1, 0.15) is 28.4 Å². The number of nitrogens with zero attached hydrogens (tertiary/aromatic N) is 4. The Morgan fingerprint density at radius 2 is 2.14 bits per heavy atom. The predicted molar refractivity (Wildman–Crippen MR) is 132 cm³/mol. The highest BCUT2D eigenvalue weighted by Crippen LogP contribution is 2.23. The molecule has 0 bridgehead atoms. The van der Waals surface area contributed by atoms with Gasteiger partial charge in [0.15, 0.2) is 5.96 Å². The average Bonchev–Trinajstić information content (AvgIpc) is 3.25. The van der Waals surface area contributed by atoms with E-state index in [0.29, 0.717) is 5.92 Å². The van der Waals surface area contributed by atoms with Gasteiger partial charge in [-0.2, -0.15) is 0 Å². The Labute approximate surface area is 198 Å². The predicted octanol–water partition coefficient (Wildman–Crippen LogP) is 4.70. The van der Waals surface area contributed by atoms with E-state index in [-0.39, 0.29) is 24.0 Å². The number of likely N-dealkylation sites (tertiary alicyclic amines) is 1. The third-order valence-electron chi connectivity index (χ3n) is 4.90. The van der Waals surface area contributed by atoms with Crippen molar-refractivity contribution in [2.75, 3.05) is 33.7 Å². The summed E-state index contributed by atoms with van der Waals surface area (Å²) in [6, 6.07) is 4.03. The molecule has 0 amide bonds. The molecule has 9 heteroatoms. The quantitative estimate of drug-likeness (QED) is 0.320. The van der Waals surface area contributed by atoms with Crippen LogP contribution in [0.15, 0.2) is 22.5 Å². The van der Waals surface area contributed by atoms with Crippen LogP contribution in [-0.4, -0.2) is 54.5 Å². The molecule has 1 N–H and O–H groups in total. The van der Waals surface area contributed by atoms with Gasteiger partial charge in [0, 0.05) is 37.4 Å². The summed E-state index contributed by atoms with van der Waals surface area (Å²) in [5, 5.41) is 6.89. The lowest BCUT2D eigenvalue weighted by molar-refractivity contribution is 0.176. The van der Waals surface area contributed by atoms with E-state index < -0.39 is 0 Å². The minimum absolute atomic E-state index is 0. The number of aromatic nitrogens is 1. The van der Waals surface area contributed by atoms with Crippen LogP contribution >= 0.6 is 58.3 Å². The van der Waals surface area contributed by atoms with E-state index in [1.165, 1.54) is 23.4 Å². The Morgan fingerprint density at radius 3 is 2.71 bits per heavy atom. The molecule has 2 aromatic rings. The third kappa shape index (κ3) is 7.12. The molecule has 1 aliphatic heterocycles. The average molecular weight is 554 g/mol. The van der Waals surface area contributed by atoms with Crippen LogP contribution in [0.3, 0.4) is 0 Å². The molecule has 0 atom stereocenters. The van der Waals surface area contributed by atoms with Crippen LogP contribution in [-0.2, 0) is 13.1 Å². The number of piperidine rings is 1. The summed E-state index contributed by atoms with van der Waals surface area (Å²) in [4.78, 5) is 14.9. The molecule has 0 radical (unpaired) electrons. The number of thiazole rings is 1. The highest BCUT2D eigenvalue weighted by molar-refractivity contribution is 14.0. The Balaban J connectivity index is 0.00000280. The van der Waals surface area contributed by atoms with Gasteiger partial charge in [-0.3, -0.25) is 9.89 Å². The van der Waals surface area contributed by atoms with E-state index in [4.69, 9.17) is 11.6 Å². The summed E-state index contributed by atoms with van der Waals surface area (Å²) in [5.74, 6) is 1.64. The fraction of sp³-hybridized carbons (Fsp3) is 0.579. The van der Waals surface area contributed by atoms with E-state index in [0.717, 1.165) is 48.0 Å². The summed E-state index contributed by atoms with van der Waals surface area (Å²) >= 11 is 9.39. The SMILES string of the molecule is CN=C(NCC1CCN(Cc2csc(C)n2)CC1)N(C)Cc1ccc(Cl)s1.I. The maximum Gasteiger partial charge on any atom is 0.193 e. The number of rotatable bonds is 6. The normalized spacial score (nSPS) is 16.1. The maximum atomic E-state index is 6.03. The number of hydrogen-bond acceptors (Lipinski definition) is 5. The number of aryl methyl sites for hydroxylation is 1. The molecule has 0 spiro atoms. The zero-order chi connectivity index (χ0) is 19.2. The second-order valence-electron chi connectivity index (χ2n) is 7.07. The van der Waals surface area contributed by atoms with Gasteiger partial charge in [0.2, 0.25) is 0 Å². The van der Waals surface area contributed by atoms with Crippen molar-refractivity contribution < 1.29 is 0 Å². The molecule has 2 aromatic heterocycles. The minimum Gasteiger partial charge on any atom is -0.356 e. The molecular weight excluding hydrogens is 525 g/mol. The third-order valence-corrected chi connectivity index (χ3v) is 6.94. The van der Waals surface area contributed by atoms with Crippen molar-refractivity contribution in [2.24, 2.45) is 10.9 Å². The molecule has 0 aliphatic carbocycles. The zero-order valence-electron chi connectivity index (χ0n) is 16.7. The van der Waals surface area contributed by atoms with Crippen molar-refractivity contribution >= 4 is 64.2 Å². The van der Waals surface area contributed by atoms with Crippen LogP contribution < -0.4 is 5.32 Å². The summed E-state index contributed by atoms with van der Waals surface area (Å²) in [5.41, 5.74) is 1.21. The van der Waals surface area contributed by atoms with Crippen molar-refractivity contribution in [3.8, 4) is 0 Å². The Hall–Kier alpha value is -0.420. The monoisotopic (exact) mass is 553 g/mol. The van der Waals surface area contributed by atoms with Crippen molar-refractivity contribution in [1.29, 1.82) is 0 Å². The molecular formula is C19H29ClIN5S2. The molecule has 3 heterocycles. The topological polar surface area (TPSA) is 43.8 Å². The van der Waals surface area contributed by atoms with Crippen molar-refractivity contribution in [2.45, 2.75) is 32.9 Å². The fourth-order valence-corrected chi connectivity index (χ4v) is 5.17. The summed E-state index contributed by atoms with van der Waals surface area (Å²) < 4.78 is 0.834. The molecule has 5 nitrogen and oxygen atoms in total. The first-order valence-electron chi connectivity index (χ1n) is 9.33. The summed E-state index contributed by atoms with van der Waals surface area (Å²) in [6.45, 7) is 7.14. The van der Waals surface area contributed by atoms with E-state index in [9.17, 15) is 0 Å². The van der Waals surface area contributed by atoms with Gasteiger partial charge in [0.1, 0.15) is 0 Å². The standard InChI is InChI=1S/C19H28ClN5S2.HI/c1-14-23-16(13-26-14)11-25-8-6-15(7-9-25)10-22-19(21-2)24(3)12-17-4-5-18(20)27-17;/h4-5,13,15H,6-12H2,1-3H3,(H,21,22);1H. The van der Waals surface area contributed by atoms with Crippen LogP contribution in [0, 0.1) is 12.8 Å². The summed E-state index contributed by atoms with van der Waals surface area (Å²) in [6.07, 6.45) is 2.44. The first kappa shape index (κ1) is 23.9. The Bertz CT molecular complexity index is 755. The first-order valence-corrected chi connectivity index (χ1v) is 11.4. The van der Waals surface area contributed by atoms with Crippen LogP contribution in [0.25, 0.3) is 0 Å². The van der Waals surface area contributed by atoms with Gasteiger partial charge in [0.25, 0.3) is 0 Å². The largest absolute Gasteiger partial charge is 0.356 e. The van der Waals surface area contributed by atoms with Gasteiger partial charge in [-0.15, -0.1) is 46.7 Å². The van der Waals surface area contributed by atoms with Crippen LogP contribution in [0.5, 0.6) is 0 Å². The lowest BCUT2D eigenvalue weighted by atomic mass is 9.97. The smallest absolute Gasteiger partial charge is 0.193 e. The van der Waals surface area contributed by atoms with Crippen molar-refractivity contribution in [3.05, 3.63) is 37.4 Å². The number of halogens is 2. The number of aliphatic imine (C=N–C) groups is 1. The van der Waals surface area contributed by atoms with E-state index in [2.05, 4.69) is 50.5 Å². The molecule has 1 saturated heterocycles. The van der Waals surface area contributed by atoms with Gasteiger partial charge < -0.3 is 10.2 Å². The van der Waals surface area contributed by atoms with Crippen LogP contribution in [0.2, 0.25) is 4.34 Å². The van der Waals surface area contributed by atoms with Crippen LogP contribution in [0.4, 0.5) is 0 Å². The minimum atomic E-state index is 0. The zero-order valence-corrected chi connectivity index (χ0v) is 21.4. The van der Waals surface area contributed by atoms with E-state index in [1.807, 2.05) is 13.1 Å². The van der Waals surface area contributed by atoms with Gasteiger partial charge in [-0.05, 0) is 50.9 Å². The van der Waals surface area contributed by atoms with Crippen molar-refractivity contribution in [3.63, 3.8) is 0 Å². The molecule has 156 valence electrons. The number of nitrogens with one attached hydrogen (secondary N) is 1. The molecule has 0 aromatic carbocycles. The lowest BCUT2D eigenvalue weighted by Gasteiger charge is -2.32. The van der Waals surface area contributed by atoms with Gasteiger partial charge >= 0.3 is 0 Å². The van der Waals surface area contributed by atoms with Crippen molar-refractivity contribution in [1.82, 2.24) is 20.1 Å². The summed E-state index contributed by atoms with van der Waals surface area (Å²) in [7, 11) is 3.92. The number of hydrogen-bond donors (Lipinski definition) is 1. The Kier molecular flexibility index (Phi) is 9.96. The lowest BCUT2D eigenvalue weighted by Crippen LogP contribution is -2.43. The first-order chi connectivity index (χ1) is 13.0. The molecule has 28 heavy (non-hydrogen) atoms.